The van der Waals surface area contributed by atoms with E-state index in [-0.39, 0.29) is 0 Å². The van der Waals surface area contributed by atoms with Crippen LogP contribution in [0.2, 0.25) is 0 Å². The first kappa shape index (κ1) is 14.7. The summed E-state index contributed by atoms with van der Waals surface area (Å²) in [6.45, 7) is 0.744. The fourth-order valence-corrected chi connectivity index (χ4v) is 3.17. The van der Waals surface area contributed by atoms with Gasteiger partial charge in [0.1, 0.15) is 11.1 Å². The second-order valence-electron chi connectivity index (χ2n) is 4.32. The van der Waals surface area contributed by atoms with Gasteiger partial charge in [0, 0.05) is 5.75 Å². The molecule has 0 aromatic rings. The van der Waals surface area contributed by atoms with Gasteiger partial charge in [-0.15, -0.1) is 0 Å². The first-order valence-electron chi connectivity index (χ1n) is 6.58. The topological polar surface area (TPSA) is 18.5 Å². The predicted octanol–water partition coefficient (Wildman–Crippen LogP) is 5.15. The monoisotopic (exact) mass is 264 g/mol. The summed E-state index contributed by atoms with van der Waals surface area (Å²) in [5.41, 5.74) is 0. The molecular weight excluding hydrogens is 240 g/mol. The van der Waals surface area contributed by atoms with Gasteiger partial charge < -0.3 is 0 Å². The Balaban J connectivity index is 2.00. The van der Waals surface area contributed by atoms with E-state index in [4.69, 9.17) is 9.22 Å². The largest absolute Gasteiger partial charge is 0.224 e. The van der Waals surface area contributed by atoms with Gasteiger partial charge in [-0.05, 0) is 12.8 Å². The van der Waals surface area contributed by atoms with Crippen LogP contribution in [0.25, 0.3) is 0 Å². The minimum Gasteiger partial charge on any atom is -0.224 e. The van der Waals surface area contributed by atoms with Crippen molar-refractivity contribution in [3.63, 3.8) is 0 Å². The lowest BCUT2D eigenvalue weighted by molar-refractivity contribution is -0.189. The zero-order chi connectivity index (χ0) is 11.3. The molecule has 0 aliphatic carbocycles. The fraction of sp³-hybridized carbons (Fsp3) is 1.00. The van der Waals surface area contributed by atoms with Crippen LogP contribution >= 0.6 is 21.9 Å². The highest BCUT2D eigenvalue weighted by Crippen LogP contribution is 2.24. The van der Waals surface area contributed by atoms with Crippen molar-refractivity contribution < 1.29 is 9.22 Å². The fourth-order valence-electron chi connectivity index (χ4n) is 1.84. The van der Waals surface area contributed by atoms with Gasteiger partial charge in [-0.2, -0.15) is 4.33 Å². The molecule has 0 bridgehead atoms. The van der Waals surface area contributed by atoms with Crippen molar-refractivity contribution in [2.24, 2.45) is 0 Å². The molecule has 0 amide bonds. The minimum atomic E-state index is 0.744. The Morgan fingerprint density at radius 3 is 1.88 bits per heavy atom. The summed E-state index contributed by atoms with van der Waals surface area (Å²) in [7, 11) is 1.76. The Hall–Kier alpha value is 0.620. The van der Waals surface area contributed by atoms with Crippen molar-refractivity contribution in [2.75, 3.05) is 12.4 Å². The molecule has 1 aliphatic heterocycles. The third-order valence-electron chi connectivity index (χ3n) is 2.83. The predicted molar refractivity (Wildman–Crippen MR) is 73.3 cm³/mol. The first-order chi connectivity index (χ1) is 8.00. The molecular formula is C12H24O2S2. The average Bonchev–Trinajstić information content (AvgIpc) is 2.29. The molecule has 1 aliphatic rings. The highest BCUT2D eigenvalue weighted by Gasteiger charge is 1.97. The van der Waals surface area contributed by atoms with E-state index in [9.17, 15) is 0 Å². The Bertz CT molecular complexity index is 81.0. The number of rotatable bonds is 0. The molecule has 0 aromatic carbocycles. The molecule has 0 atom stereocenters. The van der Waals surface area contributed by atoms with Crippen molar-refractivity contribution >= 4 is 21.9 Å². The Labute approximate surface area is 108 Å². The third kappa shape index (κ3) is 9.82. The van der Waals surface area contributed by atoms with E-state index in [2.05, 4.69) is 0 Å². The van der Waals surface area contributed by atoms with Crippen LogP contribution in [0.1, 0.15) is 64.2 Å². The van der Waals surface area contributed by atoms with Crippen LogP contribution in [0.5, 0.6) is 0 Å². The molecule has 1 saturated heterocycles. The van der Waals surface area contributed by atoms with E-state index >= 15 is 0 Å². The molecule has 0 saturated carbocycles. The summed E-state index contributed by atoms with van der Waals surface area (Å²) in [4.78, 5) is 5.08. The molecule has 0 N–H and O–H groups in total. The zero-order valence-electron chi connectivity index (χ0n) is 10.1. The second kappa shape index (κ2) is 12.1. The molecule has 16 heavy (non-hydrogen) atoms. The van der Waals surface area contributed by atoms with Gasteiger partial charge in [0.15, 0.2) is 0 Å². The van der Waals surface area contributed by atoms with Crippen LogP contribution < -0.4 is 0 Å². The standard InChI is InChI=1S/C12H24O2S2/c1-2-4-6-8-10-12-15-16-14-13-11-9-7-5-3-1/h1-12H2. The van der Waals surface area contributed by atoms with Crippen molar-refractivity contribution in [3.05, 3.63) is 0 Å². The van der Waals surface area contributed by atoms with Gasteiger partial charge in [0.05, 0.1) is 6.61 Å². The molecule has 1 heterocycles. The maximum Gasteiger partial charge on any atom is 0.102 e. The lowest BCUT2D eigenvalue weighted by Crippen LogP contribution is -1.92. The molecule has 96 valence electrons. The third-order valence-corrected chi connectivity index (χ3v) is 4.49. The normalized spacial score (nSPS) is 24.0. The maximum atomic E-state index is 5.08. The maximum absolute atomic E-state index is 5.08. The quantitative estimate of drug-likeness (QED) is 0.342. The second-order valence-corrected chi connectivity index (χ2v) is 6.35. The van der Waals surface area contributed by atoms with E-state index in [1.807, 2.05) is 0 Å². The minimum absolute atomic E-state index is 0.744. The lowest BCUT2D eigenvalue weighted by Gasteiger charge is -2.05. The van der Waals surface area contributed by atoms with Crippen molar-refractivity contribution in [1.82, 2.24) is 0 Å². The van der Waals surface area contributed by atoms with Gasteiger partial charge >= 0.3 is 0 Å². The van der Waals surface area contributed by atoms with E-state index in [1.165, 1.54) is 74.6 Å². The van der Waals surface area contributed by atoms with Crippen LogP contribution in [-0.4, -0.2) is 12.4 Å². The average molecular weight is 264 g/mol. The summed E-state index contributed by atoms with van der Waals surface area (Å²) in [5, 5.41) is 0. The molecule has 0 radical (unpaired) electrons. The molecule has 0 aromatic heterocycles. The summed E-state index contributed by atoms with van der Waals surface area (Å²) >= 11 is 1.38. The summed E-state index contributed by atoms with van der Waals surface area (Å²) in [6.07, 6.45) is 13.5. The molecule has 2 nitrogen and oxygen atoms in total. The lowest BCUT2D eigenvalue weighted by atomic mass is 10.1. The van der Waals surface area contributed by atoms with Crippen molar-refractivity contribution in [3.8, 4) is 0 Å². The Morgan fingerprint density at radius 2 is 1.19 bits per heavy atom. The summed E-state index contributed by atoms with van der Waals surface area (Å²) < 4.78 is 5.01. The van der Waals surface area contributed by atoms with Crippen molar-refractivity contribution in [1.29, 1.82) is 0 Å². The van der Waals surface area contributed by atoms with Crippen molar-refractivity contribution in [2.45, 2.75) is 64.2 Å². The highest BCUT2D eigenvalue weighted by molar-refractivity contribution is 8.74. The Kier molecular flexibility index (Phi) is 11.1. The van der Waals surface area contributed by atoms with Gasteiger partial charge in [-0.25, -0.2) is 4.89 Å². The van der Waals surface area contributed by atoms with Gasteiger partial charge in [0.25, 0.3) is 0 Å². The SMILES string of the molecule is C1CCCCCCSSOOCCCCC1. The van der Waals surface area contributed by atoms with Gasteiger partial charge in [0.2, 0.25) is 0 Å². The zero-order valence-corrected chi connectivity index (χ0v) is 11.8. The van der Waals surface area contributed by atoms with E-state index in [1.54, 1.807) is 10.8 Å². The summed E-state index contributed by atoms with van der Waals surface area (Å²) in [6, 6.07) is 0. The molecule has 0 spiro atoms. The number of hydrogen-bond acceptors (Lipinski definition) is 4. The van der Waals surface area contributed by atoms with Crippen LogP contribution in [0.3, 0.4) is 0 Å². The molecule has 0 unspecified atom stereocenters. The number of hydrogen-bond donors (Lipinski definition) is 0. The van der Waals surface area contributed by atoms with E-state index < -0.39 is 0 Å². The molecule has 1 fully saturated rings. The van der Waals surface area contributed by atoms with E-state index in [0.717, 1.165) is 13.0 Å². The van der Waals surface area contributed by atoms with Gasteiger partial charge in [-0.3, -0.25) is 0 Å². The van der Waals surface area contributed by atoms with Crippen LogP contribution in [0, 0.1) is 0 Å². The smallest absolute Gasteiger partial charge is 0.102 e. The van der Waals surface area contributed by atoms with Gasteiger partial charge in [-0.1, -0.05) is 62.2 Å². The first-order valence-corrected chi connectivity index (χ1v) is 8.82. The summed E-state index contributed by atoms with van der Waals surface area (Å²) in [5.74, 6) is 1.17. The van der Waals surface area contributed by atoms with Crippen LogP contribution in [-0.2, 0) is 9.22 Å². The molecule has 4 heteroatoms. The van der Waals surface area contributed by atoms with E-state index in [0.29, 0.717) is 0 Å². The Morgan fingerprint density at radius 1 is 0.625 bits per heavy atom. The van der Waals surface area contributed by atoms with Crippen LogP contribution in [0.4, 0.5) is 0 Å². The van der Waals surface area contributed by atoms with Crippen LogP contribution in [0.15, 0.2) is 0 Å². The highest BCUT2D eigenvalue weighted by atomic mass is 33.1. The molecule has 1 rings (SSSR count).